The van der Waals surface area contributed by atoms with Gasteiger partial charge >= 0.3 is 0 Å². The van der Waals surface area contributed by atoms with E-state index in [0.29, 0.717) is 19.6 Å². The molecule has 0 amide bonds. The third-order valence-corrected chi connectivity index (χ3v) is 4.85. The van der Waals surface area contributed by atoms with E-state index in [9.17, 15) is 15.3 Å². The molecule has 0 aliphatic heterocycles. The molecule has 0 aliphatic rings. The molecule has 0 saturated heterocycles. The molecule has 4 nitrogen and oxygen atoms in total. The predicted octanol–water partition coefficient (Wildman–Crippen LogP) is 3.49. The molecule has 0 radical (unpaired) electrons. The summed E-state index contributed by atoms with van der Waals surface area (Å²) >= 11 is 0. The van der Waals surface area contributed by atoms with Crippen molar-refractivity contribution in [3.05, 3.63) is 108 Å². The first-order valence-corrected chi connectivity index (χ1v) is 9.55. The molecule has 0 bridgehead atoms. The summed E-state index contributed by atoms with van der Waals surface area (Å²) in [5, 5.41) is 32.0. The molecular weight excluding hydrogens is 350 g/mol. The van der Waals surface area contributed by atoms with Gasteiger partial charge in [-0.2, -0.15) is 0 Å². The summed E-state index contributed by atoms with van der Waals surface area (Å²) in [6.45, 7) is 0.952. The molecule has 3 aromatic carbocycles. The monoisotopic (exact) mass is 377 g/mol. The van der Waals surface area contributed by atoms with Gasteiger partial charge in [-0.25, -0.2) is 0 Å². The normalized spacial score (nSPS) is 14.6. The van der Waals surface area contributed by atoms with Gasteiger partial charge in [0.05, 0.1) is 18.3 Å². The number of hydrogen-bond acceptors (Lipinski definition) is 4. The second-order valence-corrected chi connectivity index (χ2v) is 7.00. The quantitative estimate of drug-likeness (QED) is 0.534. The van der Waals surface area contributed by atoms with Crippen molar-refractivity contribution in [3.63, 3.8) is 0 Å². The molecule has 0 heterocycles. The maximum atomic E-state index is 10.7. The second-order valence-electron chi connectivity index (χ2n) is 7.00. The number of rotatable bonds is 9. The van der Waals surface area contributed by atoms with Crippen LogP contribution in [0.4, 0.5) is 0 Å². The molecular formula is C24H27NO3. The minimum absolute atomic E-state index is 0.317. The average molecular weight is 377 g/mol. The molecule has 3 atom stereocenters. The standard InChI is InChI=1S/C24H27NO3/c26-22(19-10-4-1-5-11-19)16-25(17-23(27)20-12-6-2-7-13-20)18-24(28)21-14-8-3-9-15-21/h1-15,22-24,26-28H,16-18H2/t22-,23-,24+/m1/s1. The van der Waals surface area contributed by atoms with Gasteiger partial charge in [0, 0.05) is 19.6 Å². The van der Waals surface area contributed by atoms with Gasteiger partial charge in [-0.05, 0) is 16.7 Å². The molecule has 0 saturated carbocycles. The van der Waals surface area contributed by atoms with Crippen molar-refractivity contribution < 1.29 is 15.3 Å². The number of aliphatic hydroxyl groups is 3. The van der Waals surface area contributed by atoms with Crippen LogP contribution in [0.5, 0.6) is 0 Å². The van der Waals surface area contributed by atoms with E-state index in [-0.39, 0.29) is 0 Å². The highest BCUT2D eigenvalue weighted by Gasteiger charge is 2.21. The van der Waals surface area contributed by atoms with E-state index in [4.69, 9.17) is 0 Å². The summed E-state index contributed by atoms with van der Waals surface area (Å²) in [4.78, 5) is 1.91. The van der Waals surface area contributed by atoms with Crippen LogP contribution in [0.2, 0.25) is 0 Å². The SMILES string of the molecule is O[C@H](CN(C[C@@H](O)c1ccccc1)C[C@H](O)c1ccccc1)c1ccccc1. The van der Waals surface area contributed by atoms with Crippen LogP contribution in [0.1, 0.15) is 35.0 Å². The van der Waals surface area contributed by atoms with Gasteiger partial charge in [-0.15, -0.1) is 0 Å². The third-order valence-electron chi connectivity index (χ3n) is 4.85. The first kappa shape index (κ1) is 20.2. The Morgan fingerprint density at radius 2 is 0.714 bits per heavy atom. The fraction of sp³-hybridized carbons (Fsp3) is 0.250. The maximum absolute atomic E-state index is 10.7. The van der Waals surface area contributed by atoms with Crippen LogP contribution in [0.3, 0.4) is 0 Å². The highest BCUT2D eigenvalue weighted by atomic mass is 16.3. The lowest BCUT2D eigenvalue weighted by molar-refractivity contribution is 0.0370. The van der Waals surface area contributed by atoms with Crippen molar-refractivity contribution in [1.29, 1.82) is 0 Å². The van der Waals surface area contributed by atoms with E-state index in [1.807, 2.05) is 95.9 Å². The fourth-order valence-corrected chi connectivity index (χ4v) is 3.30. The number of aliphatic hydroxyl groups excluding tert-OH is 3. The first-order chi connectivity index (χ1) is 13.6. The van der Waals surface area contributed by atoms with Gasteiger partial charge in [0.25, 0.3) is 0 Å². The topological polar surface area (TPSA) is 63.9 Å². The molecule has 3 rings (SSSR count). The summed E-state index contributed by atoms with van der Waals surface area (Å²) in [6, 6.07) is 28.3. The average Bonchev–Trinajstić information content (AvgIpc) is 2.75. The van der Waals surface area contributed by atoms with Crippen LogP contribution in [0.25, 0.3) is 0 Å². The summed E-state index contributed by atoms with van der Waals surface area (Å²) in [5.74, 6) is 0. The lowest BCUT2D eigenvalue weighted by atomic mass is 10.1. The number of nitrogens with zero attached hydrogens (tertiary/aromatic N) is 1. The summed E-state index contributed by atoms with van der Waals surface area (Å²) in [7, 11) is 0. The molecule has 4 heteroatoms. The predicted molar refractivity (Wildman–Crippen MR) is 111 cm³/mol. The van der Waals surface area contributed by atoms with Crippen molar-refractivity contribution in [2.75, 3.05) is 19.6 Å². The summed E-state index contributed by atoms with van der Waals surface area (Å²) < 4.78 is 0. The lowest BCUT2D eigenvalue weighted by Gasteiger charge is -2.29. The van der Waals surface area contributed by atoms with Gasteiger partial charge in [-0.1, -0.05) is 91.0 Å². The molecule has 0 fully saturated rings. The van der Waals surface area contributed by atoms with Crippen molar-refractivity contribution in [2.45, 2.75) is 18.3 Å². The van der Waals surface area contributed by atoms with Gasteiger partial charge < -0.3 is 15.3 Å². The van der Waals surface area contributed by atoms with E-state index in [1.54, 1.807) is 0 Å². The number of hydrogen-bond donors (Lipinski definition) is 3. The van der Waals surface area contributed by atoms with E-state index in [2.05, 4.69) is 0 Å². The Bertz CT molecular complexity index is 698. The van der Waals surface area contributed by atoms with Crippen molar-refractivity contribution in [1.82, 2.24) is 4.90 Å². The molecule has 0 spiro atoms. The molecule has 3 aromatic rings. The van der Waals surface area contributed by atoms with Gasteiger partial charge in [0.15, 0.2) is 0 Å². The van der Waals surface area contributed by atoms with Gasteiger partial charge in [-0.3, -0.25) is 4.90 Å². The molecule has 0 unspecified atom stereocenters. The van der Waals surface area contributed by atoms with Crippen LogP contribution in [-0.2, 0) is 0 Å². The van der Waals surface area contributed by atoms with E-state index in [0.717, 1.165) is 16.7 Å². The Hall–Kier alpha value is -2.50. The Balaban J connectivity index is 1.73. The summed E-state index contributed by atoms with van der Waals surface area (Å²) in [5.41, 5.74) is 2.45. The van der Waals surface area contributed by atoms with E-state index >= 15 is 0 Å². The van der Waals surface area contributed by atoms with E-state index in [1.165, 1.54) is 0 Å². The minimum Gasteiger partial charge on any atom is -0.387 e. The smallest absolute Gasteiger partial charge is 0.0916 e. The Morgan fingerprint density at radius 1 is 0.464 bits per heavy atom. The van der Waals surface area contributed by atoms with Crippen molar-refractivity contribution in [3.8, 4) is 0 Å². The Morgan fingerprint density at radius 3 is 0.964 bits per heavy atom. The zero-order valence-electron chi connectivity index (χ0n) is 15.8. The fourth-order valence-electron chi connectivity index (χ4n) is 3.30. The second kappa shape index (κ2) is 10.2. The summed E-state index contributed by atoms with van der Waals surface area (Å²) in [6.07, 6.45) is -2.11. The third kappa shape index (κ3) is 5.75. The largest absolute Gasteiger partial charge is 0.387 e. The molecule has 28 heavy (non-hydrogen) atoms. The highest BCUT2D eigenvalue weighted by molar-refractivity contribution is 5.20. The molecule has 3 N–H and O–H groups in total. The van der Waals surface area contributed by atoms with E-state index < -0.39 is 18.3 Å². The molecule has 0 aliphatic carbocycles. The van der Waals surface area contributed by atoms with Crippen molar-refractivity contribution >= 4 is 0 Å². The molecule has 146 valence electrons. The minimum atomic E-state index is -0.702. The van der Waals surface area contributed by atoms with Crippen LogP contribution in [-0.4, -0.2) is 39.9 Å². The van der Waals surface area contributed by atoms with Crippen LogP contribution in [0, 0.1) is 0 Å². The highest BCUT2D eigenvalue weighted by Crippen LogP contribution is 2.21. The van der Waals surface area contributed by atoms with Crippen LogP contribution < -0.4 is 0 Å². The zero-order valence-corrected chi connectivity index (χ0v) is 15.8. The van der Waals surface area contributed by atoms with Crippen LogP contribution >= 0.6 is 0 Å². The first-order valence-electron chi connectivity index (χ1n) is 9.55. The zero-order chi connectivity index (χ0) is 19.8. The Labute approximate surface area is 166 Å². The Kier molecular flexibility index (Phi) is 7.34. The van der Waals surface area contributed by atoms with Gasteiger partial charge in [0.1, 0.15) is 0 Å². The lowest BCUT2D eigenvalue weighted by Crippen LogP contribution is -2.36. The molecule has 0 aromatic heterocycles. The van der Waals surface area contributed by atoms with Crippen molar-refractivity contribution in [2.24, 2.45) is 0 Å². The maximum Gasteiger partial charge on any atom is 0.0916 e. The van der Waals surface area contributed by atoms with Crippen LogP contribution in [0.15, 0.2) is 91.0 Å². The number of benzene rings is 3. The van der Waals surface area contributed by atoms with Gasteiger partial charge in [0.2, 0.25) is 0 Å².